The fourth-order valence-corrected chi connectivity index (χ4v) is 1.83. The third kappa shape index (κ3) is 2.95. The fraction of sp³-hybridized carbons (Fsp3) is 0.375. The Morgan fingerprint density at radius 2 is 1.94 bits per heavy atom. The number of halogens is 3. The van der Waals surface area contributed by atoms with Gasteiger partial charge in [-0.3, -0.25) is 0 Å². The van der Waals surface area contributed by atoms with Gasteiger partial charge in [0.1, 0.15) is 0 Å². The molecule has 0 radical (unpaired) electrons. The third-order valence-electron chi connectivity index (χ3n) is 1.83. The molecule has 0 spiro atoms. The zero-order valence-corrected chi connectivity index (χ0v) is 10.3. The normalized spacial score (nSPS) is 11.6. The van der Waals surface area contributed by atoms with Crippen LogP contribution >= 0.6 is 10.7 Å². The molecule has 1 aromatic rings. The molecule has 1 aromatic heterocycles. The minimum absolute atomic E-state index is 0.327. The fourth-order valence-electron chi connectivity index (χ4n) is 1.14. The molecule has 96 valence electrons. The Morgan fingerprint density at radius 1 is 1.35 bits per heavy atom. The van der Waals surface area contributed by atoms with E-state index in [4.69, 9.17) is 15.4 Å². The van der Waals surface area contributed by atoms with Crippen molar-refractivity contribution in [1.29, 1.82) is 0 Å². The molecule has 1 rings (SSSR count). The highest BCUT2D eigenvalue weighted by Crippen LogP contribution is 2.37. The number of alkyl halides is 2. The summed E-state index contributed by atoms with van der Waals surface area (Å²) in [5.41, 5.74) is -0.654. The van der Waals surface area contributed by atoms with Crippen LogP contribution in [-0.2, 0) is 9.05 Å². The lowest BCUT2D eigenvalue weighted by atomic mass is 10.2. The van der Waals surface area contributed by atoms with E-state index in [1.807, 2.05) is 0 Å². The molecule has 0 saturated heterocycles. The Morgan fingerprint density at radius 3 is 2.29 bits per heavy atom. The van der Waals surface area contributed by atoms with Crippen LogP contribution in [0.2, 0.25) is 0 Å². The molecule has 9 heteroatoms. The van der Waals surface area contributed by atoms with Gasteiger partial charge in [-0.1, -0.05) is 0 Å². The predicted octanol–water partition coefficient (Wildman–Crippen LogP) is 1.96. The number of pyridine rings is 1. The van der Waals surface area contributed by atoms with Gasteiger partial charge in [0.15, 0.2) is 10.8 Å². The van der Waals surface area contributed by atoms with Crippen molar-refractivity contribution in [2.45, 2.75) is 11.5 Å². The van der Waals surface area contributed by atoms with E-state index in [1.165, 1.54) is 0 Å². The SMILES string of the molecule is COc1nc(S(=O)(=O)Cl)cc(C(F)F)c1OC. The second-order valence-electron chi connectivity index (χ2n) is 2.83. The van der Waals surface area contributed by atoms with Gasteiger partial charge in [-0.2, -0.15) is 4.98 Å². The van der Waals surface area contributed by atoms with E-state index in [0.717, 1.165) is 14.2 Å². The number of aromatic nitrogens is 1. The van der Waals surface area contributed by atoms with E-state index >= 15 is 0 Å². The zero-order valence-electron chi connectivity index (χ0n) is 8.78. The summed E-state index contributed by atoms with van der Waals surface area (Å²) >= 11 is 0. The maximum atomic E-state index is 12.7. The minimum atomic E-state index is -4.22. The Hall–Kier alpha value is -1.15. The predicted molar refractivity (Wildman–Crippen MR) is 55.3 cm³/mol. The first kappa shape index (κ1) is 13.9. The molecule has 0 unspecified atom stereocenters. The Labute approximate surface area is 101 Å². The molecule has 0 saturated carbocycles. The second-order valence-corrected chi connectivity index (χ2v) is 5.34. The summed E-state index contributed by atoms with van der Waals surface area (Å²) in [6.45, 7) is 0. The number of ether oxygens (including phenoxy) is 2. The summed E-state index contributed by atoms with van der Waals surface area (Å²) in [6.07, 6.45) is -2.95. The maximum absolute atomic E-state index is 12.7. The van der Waals surface area contributed by atoms with Crippen LogP contribution in [0.1, 0.15) is 12.0 Å². The molecule has 5 nitrogen and oxygen atoms in total. The average molecular weight is 288 g/mol. The van der Waals surface area contributed by atoms with Crippen LogP contribution in [0.5, 0.6) is 11.6 Å². The smallest absolute Gasteiger partial charge is 0.278 e. The van der Waals surface area contributed by atoms with Crippen molar-refractivity contribution >= 4 is 19.7 Å². The molecule has 0 bridgehead atoms. The lowest BCUT2D eigenvalue weighted by Crippen LogP contribution is -2.04. The van der Waals surface area contributed by atoms with Crippen LogP contribution in [0.3, 0.4) is 0 Å². The van der Waals surface area contributed by atoms with Crippen LogP contribution in [0.15, 0.2) is 11.1 Å². The van der Waals surface area contributed by atoms with Gasteiger partial charge in [-0.15, -0.1) is 0 Å². The number of hydrogen-bond donors (Lipinski definition) is 0. The van der Waals surface area contributed by atoms with Crippen molar-refractivity contribution < 1.29 is 26.7 Å². The van der Waals surface area contributed by atoms with Gasteiger partial charge in [0.05, 0.1) is 19.8 Å². The van der Waals surface area contributed by atoms with Gasteiger partial charge in [0.25, 0.3) is 21.4 Å². The monoisotopic (exact) mass is 287 g/mol. The van der Waals surface area contributed by atoms with Crippen LogP contribution < -0.4 is 9.47 Å². The maximum Gasteiger partial charge on any atom is 0.278 e. The van der Waals surface area contributed by atoms with E-state index in [-0.39, 0.29) is 11.6 Å². The first-order valence-corrected chi connectivity index (χ1v) is 6.48. The van der Waals surface area contributed by atoms with Crippen LogP contribution in [-0.4, -0.2) is 27.6 Å². The molecule has 0 atom stereocenters. The number of hydrogen-bond acceptors (Lipinski definition) is 5. The van der Waals surface area contributed by atoms with Gasteiger partial charge in [0, 0.05) is 10.7 Å². The van der Waals surface area contributed by atoms with Crippen molar-refractivity contribution in [3.05, 3.63) is 11.6 Å². The first-order valence-electron chi connectivity index (χ1n) is 4.17. The molecule has 0 aromatic carbocycles. The van der Waals surface area contributed by atoms with Gasteiger partial charge in [0.2, 0.25) is 0 Å². The second kappa shape index (κ2) is 5.01. The molecule has 1 heterocycles. The summed E-state index contributed by atoms with van der Waals surface area (Å²) in [5.74, 6) is -0.698. The van der Waals surface area contributed by atoms with Crippen molar-refractivity contribution in [1.82, 2.24) is 4.98 Å². The van der Waals surface area contributed by atoms with Gasteiger partial charge in [-0.05, 0) is 6.07 Å². The van der Waals surface area contributed by atoms with Gasteiger partial charge < -0.3 is 9.47 Å². The van der Waals surface area contributed by atoms with Crippen molar-refractivity contribution in [2.24, 2.45) is 0 Å². The van der Waals surface area contributed by atoms with E-state index in [1.54, 1.807) is 0 Å². The third-order valence-corrected chi connectivity index (χ3v) is 3.01. The molecule has 0 aliphatic carbocycles. The molecule has 17 heavy (non-hydrogen) atoms. The van der Waals surface area contributed by atoms with Gasteiger partial charge >= 0.3 is 0 Å². The number of nitrogens with zero attached hydrogens (tertiary/aromatic N) is 1. The van der Waals surface area contributed by atoms with Crippen molar-refractivity contribution in [3.63, 3.8) is 0 Å². The van der Waals surface area contributed by atoms with E-state index in [9.17, 15) is 17.2 Å². The Kier molecular flexibility index (Phi) is 4.10. The number of methoxy groups -OCH3 is 2. The molecule has 0 amide bonds. The summed E-state index contributed by atoms with van der Waals surface area (Å²) in [5, 5.41) is -0.716. The van der Waals surface area contributed by atoms with Crippen molar-refractivity contribution in [3.8, 4) is 11.6 Å². The minimum Gasteiger partial charge on any atom is -0.491 e. The first-order chi connectivity index (χ1) is 7.81. The lowest BCUT2D eigenvalue weighted by Gasteiger charge is -2.12. The average Bonchev–Trinajstić information content (AvgIpc) is 2.25. The summed E-state index contributed by atoms with van der Waals surface area (Å²) < 4.78 is 56.8. The molecule has 0 aliphatic heterocycles. The number of rotatable bonds is 4. The van der Waals surface area contributed by atoms with E-state index in [0.29, 0.717) is 6.07 Å². The Balaban J connectivity index is 3.57. The van der Waals surface area contributed by atoms with E-state index in [2.05, 4.69) is 9.72 Å². The highest BCUT2D eigenvalue weighted by atomic mass is 35.7. The molecular weight excluding hydrogens is 280 g/mol. The molecule has 0 aliphatic rings. The largest absolute Gasteiger partial charge is 0.491 e. The highest BCUT2D eigenvalue weighted by molar-refractivity contribution is 8.13. The molecule has 0 N–H and O–H groups in total. The van der Waals surface area contributed by atoms with Crippen LogP contribution in [0.4, 0.5) is 8.78 Å². The Bertz CT molecular complexity index is 521. The molecular formula is C8H8ClF2NO4S. The summed E-state index contributed by atoms with van der Waals surface area (Å²) in [7, 11) is 3.09. The van der Waals surface area contributed by atoms with Gasteiger partial charge in [-0.25, -0.2) is 17.2 Å². The summed E-state index contributed by atoms with van der Waals surface area (Å²) in [4.78, 5) is 3.48. The van der Waals surface area contributed by atoms with Crippen LogP contribution in [0, 0.1) is 0 Å². The quantitative estimate of drug-likeness (QED) is 0.792. The zero-order chi connectivity index (χ0) is 13.2. The highest BCUT2D eigenvalue weighted by Gasteiger charge is 2.25. The molecule has 0 fully saturated rings. The lowest BCUT2D eigenvalue weighted by molar-refractivity contribution is 0.145. The summed E-state index contributed by atoms with van der Waals surface area (Å²) in [6, 6.07) is 0.647. The topological polar surface area (TPSA) is 65.5 Å². The van der Waals surface area contributed by atoms with E-state index < -0.39 is 26.1 Å². The van der Waals surface area contributed by atoms with Crippen LogP contribution in [0.25, 0.3) is 0 Å². The van der Waals surface area contributed by atoms with Crippen molar-refractivity contribution in [2.75, 3.05) is 14.2 Å². The standard InChI is InChI=1S/C8H8ClF2NO4S/c1-15-6-4(7(10)11)3-5(17(9,13)14)12-8(6)16-2/h3,7H,1-2H3.